The second kappa shape index (κ2) is 6.09. The smallest absolute Gasteiger partial charge is 0.233 e. The number of amides is 1. The van der Waals surface area contributed by atoms with Crippen LogP contribution >= 0.6 is 0 Å². The van der Waals surface area contributed by atoms with Crippen molar-refractivity contribution in [2.75, 3.05) is 0 Å². The number of nitrogens with one attached hydrogen (secondary N) is 1. The van der Waals surface area contributed by atoms with Gasteiger partial charge in [-0.1, -0.05) is 35.8 Å². The van der Waals surface area contributed by atoms with Gasteiger partial charge in [-0.3, -0.25) is 9.52 Å². The molecule has 1 aliphatic carbocycles. The van der Waals surface area contributed by atoms with E-state index in [1.54, 1.807) is 0 Å². The van der Waals surface area contributed by atoms with Crippen LogP contribution in [0.3, 0.4) is 0 Å². The van der Waals surface area contributed by atoms with Crippen molar-refractivity contribution in [3.05, 3.63) is 59.2 Å². The summed E-state index contributed by atoms with van der Waals surface area (Å²) in [4.78, 5) is 11.3. The van der Waals surface area contributed by atoms with Crippen molar-refractivity contribution in [3.63, 3.8) is 0 Å². The summed E-state index contributed by atoms with van der Waals surface area (Å²) in [5.41, 5.74) is 4.06. The Morgan fingerprint density at radius 2 is 1.96 bits per heavy atom. The highest BCUT2D eigenvalue weighted by molar-refractivity contribution is 7.84. The van der Waals surface area contributed by atoms with E-state index >= 15 is 0 Å². The van der Waals surface area contributed by atoms with Gasteiger partial charge in [0.15, 0.2) is 0 Å². The molecule has 0 bridgehead atoms. The lowest BCUT2D eigenvalue weighted by Gasteiger charge is -2.16. The Labute approximate surface area is 144 Å². The number of benzene rings is 2. The van der Waals surface area contributed by atoms with E-state index in [0.717, 1.165) is 35.2 Å². The van der Waals surface area contributed by atoms with Crippen molar-refractivity contribution in [2.45, 2.75) is 30.6 Å². The van der Waals surface area contributed by atoms with Crippen molar-refractivity contribution >= 4 is 30.2 Å². The minimum Gasteiger partial charge on any atom is -0.486 e. The molecule has 1 saturated heterocycles. The third-order valence-electron chi connectivity index (χ3n) is 4.63. The zero-order chi connectivity index (χ0) is 16.7. The van der Waals surface area contributed by atoms with Gasteiger partial charge in [-0.25, -0.2) is 4.21 Å². The highest BCUT2D eigenvalue weighted by Crippen LogP contribution is 2.35. The molecule has 1 aliphatic heterocycles. The van der Waals surface area contributed by atoms with Crippen LogP contribution in [0.25, 0.3) is 0 Å². The van der Waals surface area contributed by atoms with Crippen molar-refractivity contribution in [3.8, 4) is 5.75 Å². The fraction of sp³-hybridized carbons (Fsp3) is 0.278. The maximum absolute atomic E-state index is 11.9. The Morgan fingerprint density at radius 1 is 1.17 bits per heavy atom. The van der Waals surface area contributed by atoms with Crippen LogP contribution in [0.15, 0.2) is 42.5 Å². The lowest BCUT2D eigenvalue weighted by molar-refractivity contribution is -0.118. The van der Waals surface area contributed by atoms with Crippen LogP contribution in [-0.2, 0) is 22.2 Å². The van der Waals surface area contributed by atoms with Crippen molar-refractivity contribution in [1.82, 2.24) is 4.72 Å². The van der Waals surface area contributed by atoms with E-state index < -0.39 is 11.0 Å². The summed E-state index contributed by atoms with van der Waals surface area (Å²) in [6.45, 7) is 0. The predicted molar refractivity (Wildman–Crippen MR) is 93.6 cm³/mol. The van der Waals surface area contributed by atoms with Gasteiger partial charge >= 0.3 is 0 Å². The van der Waals surface area contributed by atoms with Gasteiger partial charge in [0.05, 0.1) is 5.25 Å². The van der Waals surface area contributed by atoms with Crippen LogP contribution in [0, 0.1) is 0 Å². The average Bonchev–Trinajstić information content (AvgIpc) is 3.12. The normalized spacial score (nSPS) is 25.3. The molecule has 2 unspecified atom stereocenters. The second-order valence-corrected chi connectivity index (χ2v) is 7.51. The summed E-state index contributed by atoms with van der Waals surface area (Å²) in [5, 5.41) is -0.279. The largest absolute Gasteiger partial charge is 0.486 e. The number of hydrogen-bond donors (Lipinski definition) is 1. The van der Waals surface area contributed by atoms with Gasteiger partial charge in [-0.05, 0) is 41.7 Å². The number of rotatable bonds is 3. The number of hydrogen-bond acceptors (Lipinski definition) is 3. The van der Waals surface area contributed by atoms with Gasteiger partial charge < -0.3 is 4.74 Å². The number of fused-ring (bicyclic) bond motifs is 1. The fourth-order valence-corrected chi connectivity index (χ4v) is 4.56. The maximum Gasteiger partial charge on any atom is 0.233 e. The van der Waals surface area contributed by atoms with Crippen molar-refractivity contribution in [2.24, 2.45) is 0 Å². The van der Waals surface area contributed by atoms with Crippen LogP contribution in [0.5, 0.6) is 5.75 Å². The van der Waals surface area contributed by atoms with Gasteiger partial charge in [0.25, 0.3) is 0 Å². The summed E-state index contributed by atoms with van der Waals surface area (Å²) in [6.07, 6.45) is 2.12. The van der Waals surface area contributed by atoms with Gasteiger partial charge in [-0.2, -0.15) is 0 Å². The predicted octanol–water partition coefficient (Wildman–Crippen LogP) is 1.77. The van der Waals surface area contributed by atoms with E-state index in [1.165, 1.54) is 5.56 Å². The standard InChI is InChI=1S/C18H16BNO3S/c19-15-3-1-2-14-13(15)8-9-16(14)23-12-6-4-11(5-7-12)17-10-18(21)20-24(17)22/h1-7,16-17H,8-10H2,(H,20,21)/t16-,17?,24?/m1/s1. The SMILES string of the molecule is [B]c1cccc2c1CC[C@H]2Oc1ccc(C2CC(=O)NS2=O)cc1. The van der Waals surface area contributed by atoms with Crippen LogP contribution in [0.4, 0.5) is 0 Å². The zero-order valence-electron chi connectivity index (χ0n) is 13.0. The van der Waals surface area contributed by atoms with Crippen LogP contribution in [0.2, 0.25) is 0 Å². The van der Waals surface area contributed by atoms with E-state index in [4.69, 9.17) is 12.6 Å². The third kappa shape index (κ3) is 2.75. The van der Waals surface area contributed by atoms with Gasteiger partial charge in [0, 0.05) is 6.42 Å². The average molecular weight is 337 g/mol. The Bertz CT molecular complexity index is 822. The highest BCUT2D eigenvalue weighted by atomic mass is 32.2. The summed E-state index contributed by atoms with van der Waals surface area (Å²) >= 11 is 0. The molecule has 2 aromatic rings. The molecule has 4 rings (SSSR count). The molecule has 1 heterocycles. The Balaban J connectivity index is 1.50. The Hall–Kier alpha value is -2.08. The van der Waals surface area contributed by atoms with Gasteiger partial charge in [0.1, 0.15) is 30.7 Å². The summed E-state index contributed by atoms with van der Waals surface area (Å²) < 4.78 is 20.4. The molecule has 1 amide bonds. The lowest BCUT2D eigenvalue weighted by Crippen LogP contribution is -2.15. The summed E-state index contributed by atoms with van der Waals surface area (Å²) in [5.74, 6) is 0.598. The molecular weight excluding hydrogens is 321 g/mol. The number of ether oxygens (including phenoxy) is 1. The molecule has 3 atom stereocenters. The quantitative estimate of drug-likeness (QED) is 0.869. The fourth-order valence-electron chi connectivity index (χ4n) is 3.40. The zero-order valence-corrected chi connectivity index (χ0v) is 13.8. The topological polar surface area (TPSA) is 55.4 Å². The first-order valence-electron chi connectivity index (χ1n) is 7.96. The van der Waals surface area contributed by atoms with Gasteiger partial charge in [-0.15, -0.1) is 0 Å². The molecule has 2 aromatic carbocycles. The van der Waals surface area contributed by atoms with Crippen LogP contribution in [0.1, 0.15) is 40.9 Å². The molecule has 0 spiro atoms. The third-order valence-corrected chi connectivity index (χ3v) is 6.01. The van der Waals surface area contributed by atoms with E-state index in [0.29, 0.717) is 0 Å². The highest BCUT2D eigenvalue weighted by Gasteiger charge is 2.31. The first-order valence-corrected chi connectivity index (χ1v) is 9.17. The molecule has 24 heavy (non-hydrogen) atoms. The summed E-state index contributed by atoms with van der Waals surface area (Å²) in [7, 11) is 4.68. The second-order valence-electron chi connectivity index (χ2n) is 6.14. The maximum atomic E-state index is 11.9. The summed E-state index contributed by atoms with van der Waals surface area (Å²) in [6, 6.07) is 13.5. The molecule has 0 aromatic heterocycles. The van der Waals surface area contributed by atoms with Gasteiger partial charge in [0.2, 0.25) is 5.91 Å². The number of carbonyl (C=O) groups excluding carboxylic acids is 1. The molecule has 1 N–H and O–H groups in total. The number of carbonyl (C=O) groups is 1. The Morgan fingerprint density at radius 3 is 2.67 bits per heavy atom. The first kappa shape index (κ1) is 15.5. The molecule has 1 fully saturated rings. The van der Waals surface area contributed by atoms with E-state index in [9.17, 15) is 9.00 Å². The van der Waals surface area contributed by atoms with Crippen molar-refractivity contribution in [1.29, 1.82) is 0 Å². The monoisotopic (exact) mass is 337 g/mol. The molecule has 2 aliphatic rings. The molecular formula is C18H16BNO3S. The molecule has 120 valence electrons. The first-order chi connectivity index (χ1) is 11.6. The minimum atomic E-state index is -1.34. The van der Waals surface area contributed by atoms with E-state index in [2.05, 4.69) is 10.8 Å². The van der Waals surface area contributed by atoms with E-state index in [-0.39, 0.29) is 23.7 Å². The van der Waals surface area contributed by atoms with E-state index in [1.807, 2.05) is 36.4 Å². The minimum absolute atomic E-state index is 0.0122. The van der Waals surface area contributed by atoms with Crippen LogP contribution < -0.4 is 14.9 Å². The molecule has 2 radical (unpaired) electrons. The van der Waals surface area contributed by atoms with Crippen LogP contribution in [-0.4, -0.2) is 18.0 Å². The molecule has 6 heteroatoms. The lowest BCUT2D eigenvalue weighted by atomic mass is 9.88. The van der Waals surface area contributed by atoms with Crippen molar-refractivity contribution < 1.29 is 13.7 Å². The molecule has 0 saturated carbocycles. The molecule has 4 nitrogen and oxygen atoms in total. The Kier molecular flexibility index (Phi) is 3.92.